The molecule has 1 aromatic rings. The smallest absolute Gasteiger partial charge is 0.225 e. The Hall–Kier alpha value is -1.69. The molecule has 0 saturated carbocycles. The van der Waals surface area contributed by atoms with Crippen molar-refractivity contribution in [3.8, 4) is 0 Å². The van der Waals surface area contributed by atoms with Crippen LogP contribution in [0.4, 0.5) is 5.95 Å². The average Bonchev–Trinajstić information content (AvgIpc) is 2.44. The Morgan fingerprint density at radius 2 is 1.89 bits per heavy atom. The van der Waals surface area contributed by atoms with Gasteiger partial charge in [0.2, 0.25) is 11.9 Å². The Bertz CT molecular complexity index is 428. The Morgan fingerprint density at radius 3 is 2.47 bits per heavy atom. The van der Waals surface area contributed by atoms with Crippen LogP contribution >= 0.6 is 0 Å². The maximum Gasteiger partial charge on any atom is 0.225 e. The van der Waals surface area contributed by atoms with E-state index in [0.717, 1.165) is 45.3 Å². The predicted molar refractivity (Wildman–Crippen MR) is 69.8 cm³/mol. The molecule has 3 rings (SSSR count). The van der Waals surface area contributed by atoms with E-state index >= 15 is 0 Å². The third-order valence-corrected chi connectivity index (χ3v) is 3.64. The molecule has 102 valence electrons. The molecule has 0 unspecified atom stereocenters. The highest BCUT2D eigenvalue weighted by atomic mass is 16.5. The first kappa shape index (κ1) is 12.3. The number of carbonyl (C=O) groups excluding carboxylic acids is 1. The first-order valence-electron chi connectivity index (χ1n) is 6.70. The molecule has 3 heterocycles. The van der Waals surface area contributed by atoms with Gasteiger partial charge in [-0.25, -0.2) is 9.97 Å². The first-order valence-corrected chi connectivity index (χ1v) is 6.70. The molecule has 1 aromatic heterocycles. The van der Waals surface area contributed by atoms with E-state index in [-0.39, 0.29) is 5.91 Å². The van der Waals surface area contributed by atoms with E-state index < -0.39 is 0 Å². The largest absolute Gasteiger partial charge is 0.381 e. The van der Waals surface area contributed by atoms with E-state index in [2.05, 4.69) is 14.9 Å². The minimum Gasteiger partial charge on any atom is -0.381 e. The summed E-state index contributed by atoms with van der Waals surface area (Å²) in [7, 11) is 0. The summed E-state index contributed by atoms with van der Waals surface area (Å²) in [6, 6.07) is 1.81. The fourth-order valence-electron chi connectivity index (χ4n) is 2.39. The van der Waals surface area contributed by atoms with E-state index in [1.54, 1.807) is 12.4 Å². The molecular formula is C13H18N4O2. The lowest BCUT2D eigenvalue weighted by Crippen LogP contribution is -2.50. The summed E-state index contributed by atoms with van der Waals surface area (Å²) in [5.41, 5.74) is 0. The summed E-state index contributed by atoms with van der Waals surface area (Å²) in [6.45, 7) is 4.59. The van der Waals surface area contributed by atoms with Crippen molar-refractivity contribution in [2.24, 2.45) is 5.92 Å². The van der Waals surface area contributed by atoms with E-state index in [1.165, 1.54) is 0 Å². The van der Waals surface area contributed by atoms with Crippen molar-refractivity contribution in [1.82, 2.24) is 14.9 Å². The van der Waals surface area contributed by atoms with Gasteiger partial charge in [-0.3, -0.25) is 4.79 Å². The summed E-state index contributed by atoms with van der Waals surface area (Å²) in [6.07, 6.45) is 4.12. The molecule has 6 heteroatoms. The van der Waals surface area contributed by atoms with Crippen molar-refractivity contribution in [3.63, 3.8) is 0 Å². The second kappa shape index (κ2) is 5.52. The monoisotopic (exact) mass is 262 g/mol. The van der Waals surface area contributed by atoms with E-state index in [0.29, 0.717) is 12.3 Å². The third kappa shape index (κ3) is 2.84. The summed E-state index contributed by atoms with van der Waals surface area (Å²) < 4.78 is 5.10. The molecule has 2 saturated heterocycles. The highest BCUT2D eigenvalue weighted by Crippen LogP contribution is 2.17. The van der Waals surface area contributed by atoms with Crippen LogP contribution in [0.25, 0.3) is 0 Å². The molecular weight excluding hydrogens is 244 g/mol. The zero-order valence-corrected chi connectivity index (χ0v) is 10.9. The lowest BCUT2D eigenvalue weighted by molar-refractivity contribution is -0.136. The van der Waals surface area contributed by atoms with Crippen LogP contribution in [-0.4, -0.2) is 60.2 Å². The summed E-state index contributed by atoms with van der Waals surface area (Å²) in [5.74, 6) is 1.44. The van der Waals surface area contributed by atoms with Crippen LogP contribution < -0.4 is 4.90 Å². The molecule has 0 N–H and O–H groups in total. The number of hydrogen-bond acceptors (Lipinski definition) is 5. The van der Waals surface area contributed by atoms with Crippen LogP contribution in [0.15, 0.2) is 18.5 Å². The fourth-order valence-corrected chi connectivity index (χ4v) is 2.39. The van der Waals surface area contributed by atoms with Crippen molar-refractivity contribution in [1.29, 1.82) is 0 Å². The quantitative estimate of drug-likeness (QED) is 0.776. The van der Waals surface area contributed by atoms with Gasteiger partial charge < -0.3 is 14.5 Å². The Kier molecular flexibility index (Phi) is 3.59. The molecule has 0 spiro atoms. The SMILES string of the molecule is O=C(CC1COC1)N1CCN(c2ncccn2)CC1. The molecule has 0 bridgehead atoms. The molecule has 2 aliphatic heterocycles. The van der Waals surface area contributed by atoms with E-state index in [1.807, 2.05) is 11.0 Å². The van der Waals surface area contributed by atoms with Crippen LogP contribution in [0.3, 0.4) is 0 Å². The number of piperazine rings is 1. The summed E-state index contributed by atoms with van der Waals surface area (Å²) in [4.78, 5) is 24.6. The molecule has 0 radical (unpaired) electrons. The molecule has 2 aliphatic rings. The number of hydrogen-bond donors (Lipinski definition) is 0. The van der Waals surface area contributed by atoms with Crippen LogP contribution in [-0.2, 0) is 9.53 Å². The van der Waals surface area contributed by atoms with Crippen molar-refractivity contribution in [2.75, 3.05) is 44.3 Å². The third-order valence-electron chi connectivity index (χ3n) is 3.64. The highest BCUT2D eigenvalue weighted by Gasteiger charge is 2.27. The van der Waals surface area contributed by atoms with Gasteiger partial charge in [-0.05, 0) is 6.07 Å². The average molecular weight is 262 g/mol. The maximum atomic E-state index is 12.1. The van der Waals surface area contributed by atoms with Gasteiger partial charge in [0.1, 0.15) is 0 Å². The summed E-state index contributed by atoms with van der Waals surface area (Å²) in [5, 5.41) is 0. The van der Waals surface area contributed by atoms with Gasteiger partial charge in [0.15, 0.2) is 0 Å². The van der Waals surface area contributed by atoms with Crippen LogP contribution in [0.2, 0.25) is 0 Å². The fraction of sp³-hybridized carbons (Fsp3) is 0.615. The standard InChI is InChI=1S/C13H18N4O2/c18-12(8-11-9-19-10-11)16-4-6-17(7-5-16)13-14-2-1-3-15-13/h1-3,11H,4-10H2. The van der Waals surface area contributed by atoms with Gasteiger partial charge in [0, 0.05) is 50.9 Å². The number of aromatic nitrogens is 2. The number of amides is 1. The van der Waals surface area contributed by atoms with Crippen LogP contribution in [0, 0.1) is 5.92 Å². The zero-order valence-electron chi connectivity index (χ0n) is 10.9. The number of nitrogens with zero attached hydrogens (tertiary/aromatic N) is 4. The van der Waals surface area contributed by atoms with Gasteiger partial charge in [-0.15, -0.1) is 0 Å². The normalized spacial score (nSPS) is 20.2. The predicted octanol–water partition coefficient (Wildman–Crippen LogP) is 0.162. The Balaban J connectivity index is 1.50. The topological polar surface area (TPSA) is 58.6 Å². The van der Waals surface area contributed by atoms with Crippen molar-refractivity contribution < 1.29 is 9.53 Å². The minimum absolute atomic E-state index is 0.252. The van der Waals surface area contributed by atoms with Gasteiger partial charge in [-0.1, -0.05) is 0 Å². The summed E-state index contributed by atoms with van der Waals surface area (Å²) >= 11 is 0. The number of carbonyl (C=O) groups is 1. The number of rotatable bonds is 3. The molecule has 0 atom stereocenters. The molecule has 6 nitrogen and oxygen atoms in total. The second-order valence-electron chi connectivity index (χ2n) is 5.02. The van der Waals surface area contributed by atoms with Gasteiger partial charge in [-0.2, -0.15) is 0 Å². The van der Waals surface area contributed by atoms with Crippen molar-refractivity contribution in [3.05, 3.63) is 18.5 Å². The zero-order chi connectivity index (χ0) is 13.1. The highest BCUT2D eigenvalue weighted by molar-refractivity contribution is 5.76. The lowest BCUT2D eigenvalue weighted by Gasteiger charge is -2.36. The molecule has 2 fully saturated rings. The Morgan fingerprint density at radius 1 is 1.21 bits per heavy atom. The van der Waals surface area contributed by atoms with E-state index in [4.69, 9.17) is 4.74 Å². The van der Waals surface area contributed by atoms with Crippen molar-refractivity contribution in [2.45, 2.75) is 6.42 Å². The maximum absolute atomic E-state index is 12.1. The van der Waals surface area contributed by atoms with E-state index in [9.17, 15) is 4.79 Å². The van der Waals surface area contributed by atoms with Gasteiger partial charge >= 0.3 is 0 Å². The van der Waals surface area contributed by atoms with Gasteiger partial charge in [0.25, 0.3) is 0 Å². The van der Waals surface area contributed by atoms with Crippen molar-refractivity contribution >= 4 is 11.9 Å². The van der Waals surface area contributed by atoms with Crippen LogP contribution in [0.1, 0.15) is 6.42 Å². The molecule has 19 heavy (non-hydrogen) atoms. The van der Waals surface area contributed by atoms with Gasteiger partial charge in [0.05, 0.1) is 13.2 Å². The molecule has 1 amide bonds. The lowest BCUT2D eigenvalue weighted by atomic mass is 10.0. The number of anilines is 1. The first-order chi connectivity index (χ1) is 9.33. The Labute approximate surface area is 112 Å². The molecule has 0 aliphatic carbocycles. The second-order valence-corrected chi connectivity index (χ2v) is 5.02. The minimum atomic E-state index is 0.252. The van der Waals surface area contributed by atoms with Crippen LogP contribution in [0.5, 0.6) is 0 Å². The number of ether oxygens (including phenoxy) is 1. The molecule has 0 aromatic carbocycles.